The second kappa shape index (κ2) is 10.8. The number of methoxy groups -OCH3 is 1. The molecule has 1 aromatic carbocycles. The zero-order valence-corrected chi connectivity index (χ0v) is 16.2. The predicted molar refractivity (Wildman–Crippen MR) is 104 cm³/mol. The van der Waals surface area contributed by atoms with Crippen LogP contribution in [-0.2, 0) is 4.74 Å². The van der Waals surface area contributed by atoms with Gasteiger partial charge in [-0.2, -0.15) is 0 Å². The number of carbonyl (C=O) groups is 1. The van der Waals surface area contributed by atoms with E-state index >= 15 is 0 Å². The molecule has 0 unspecified atom stereocenters. The van der Waals surface area contributed by atoms with E-state index in [9.17, 15) is 4.79 Å². The number of amides is 1. The second-order valence-electron chi connectivity index (χ2n) is 6.98. The van der Waals surface area contributed by atoms with Crippen LogP contribution in [0.2, 0.25) is 0 Å². The van der Waals surface area contributed by atoms with Gasteiger partial charge in [0, 0.05) is 12.1 Å². The van der Waals surface area contributed by atoms with Gasteiger partial charge < -0.3 is 14.4 Å². The van der Waals surface area contributed by atoms with Crippen molar-refractivity contribution in [2.75, 3.05) is 39.9 Å². The summed E-state index contributed by atoms with van der Waals surface area (Å²) in [5, 5.41) is 2.79. The summed E-state index contributed by atoms with van der Waals surface area (Å²) < 4.78 is 10.8. The fourth-order valence-corrected chi connectivity index (χ4v) is 2.75. The molecule has 1 fully saturated rings. The molecule has 1 aliphatic rings. The molecule has 144 valence electrons. The number of piperidine rings is 1. The van der Waals surface area contributed by atoms with E-state index in [0.717, 1.165) is 19.6 Å². The molecule has 6 heteroatoms. The van der Waals surface area contributed by atoms with Crippen LogP contribution in [-0.4, -0.2) is 56.7 Å². The molecule has 1 saturated heterocycles. The summed E-state index contributed by atoms with van der Waals surface area (Å²) in [6, 6.07) is 7.27. The molecule has 1 amide bonds. The quantitative estimate of drug-likeness (QED) is 0.599. The molecule has 1 aromatic rings. The monoisotopic (exact) mass is 361 g/mol. The first-order valence-electron chi connectivity index (χ1n) is 9.43. The Kier molecular flexibility index (Phi) is 8.41. The number of nitrogens with one attached hydrogen (secondary N) is 1. The van der Waals surface area contributed by atoms with Crippen molar-refractivity contribution in [3.63, 3.8) is 0 Å². The highest BCUT2D eigenvalue weighted by Crippen LogP contribution is 2.11. The smallest absolute Gasteiger partial charge is 0.291 e. The van der Waals surface area contributed by atoms with Crippen molar-refractivity contribution in [3.8, 4) is 5.75 Å². The summed E-state index contributed by atoms with van der Waals surface area (Å²) in [4.78, 5) is 19.3. The second-order valence-corrected chi connectivity index (χ2v) is 6.98. The minimum absolute atomic E-state index is 0.229. The molecule has 6 nitrogen and oxygen atoms in total. The van der Waals surface area contributed by atoms with Crippen molar-refractivity contribution in [2.45, 2.75) is 33.1 Å². The van der Waals surface area contributed by atoms with Crippen molar-refractivity contribution in [3.05, 3.63) is 29.8 Å². The van der Waals surface area contributed by atoms with E-state index in [-0.39, 0.29) is 5.91 Å². The van der Waals surface area contributed by atoms with Gasteiger partial charge >= 0.3 is 0 Å². The average molecular weight is 361 g/mol. The fraction of sp³-hybridized carbons (Fsp3) is 0.600. The van der Waals surface area contributed by atoms with Crippen LogP contribution in [0.25, 0.3) is 0 Å². The average Bonchev–Trinajstić information content (AvgIpc) is 2.66. The Morgan fingerprint density at radius 1 is 1.19 bits per heavy atom. The summed E-state index contributed by atoms with van der Waals surface area (Å²) in [6.45, 7) is 8.44. The Morgan fingerprint density at radius 3 is 2.50 bits per heavy atom. The lowest BCUT2D eigenvalue weighted by molar-refractivity contribution is 0.0963. The fourth-order valence-electron chi connectivity index (χ4n) is 2.75. The van der Waals surface area contributed by atoms with Gasteiger partial charge in [-0.1, -0.05) is 20.3 Å². The van der Waals surface area contributed by atoms with Crippen molar-refractivity contribution in [1.82, 2.24) is 10.2 Å². The lowest BCUT2D eigenvalue weighted by atomic mass is 10.1. The van der Waals surface area contributed by atoms with Crippen LogP contribution in [0.4, 0.5) is 0 Å². The molecule has 0 atom stereocenters. The van der Waals surface area contributed by atoms with Crippen LogP contribution in [0.5, 0.6) is 5.75 Å². The van der Waals surface area contributed by atoms with Crippen LogP contribution in [0.15, 0.2) is 29.3 Å². The number of hydrogen-bond acceptors (Lipinski definition) is 5. The summed E-state index contributed by atoms with van der Waals surface area (Å²) in [6.07, 6.45) is 3.84. The first kappa shape index (κ1) is 20.2. The molecule has 0 aliphatic carbocycles. The van der Waals surface area contributed by atoms with E-state index in [0.29, 0.717) is 36.4 Å². The van der Waals surface area contributed by atoms with E-state index in [1.807, 2.05) is 0 Å². The number of ether oxygens (including phenoxy) is 2. The topological polar surface area (TPSA) is 63.2 Å². The highest BCUT2D eigenvalue weighted by Gasteiger charge is 2.12. The van der Waals surface area contributed by atoms with Crippen LogP contribution in [0, 0.1) is 5.92 Å². The maximum Gasteiger partial charge on any atom is 0.291 e. The molecule has 26 heavy (non-hydrogen) atoms. The highest BCUT2D eigenvalue weighted by atomic mass is 16.5. The molecule has 0 spiro atoms. The van der Waals surface area contributed by atoms with Gasteiger partial charge in [-0.05, 0) is 56.1 Å². The molecule has 1 heterocycles. The summed E-state index contributed by atoms with van der Waals surface area (Å²) in [5.41, 5.74) is 0.544. The zero-order chi connectivity index (χ0) is 18.8. The van der Waals surface area contributed by atoms with Gasteiger partial charge in [0.1, 0.15) is 5.75 Å². The number of likely N-dealkylation sites (tertiary alicyclic amines) is 1. The Bertz CT molecular complexity index is 578. The van der Waals surface area contributed by atoms with E-state index < -0.39 is 0 Å². The number of carbonyl (C=O) groups excluding carboxylic acids is 1. The number of benzene rings is 1. The van der Waals surface area contributed by atoms with Gasteiger partial charge in [0.2, 0.25) is 0 Å². The van der Waals surface area contributed by atoms with E-state index in [4.69, 9.17) is 9.47 Å². The maximum absolute atomic E-state index is 12.4. The molecular weight excluding hydrogens is 330 g/mol. The minimum Gasteiger partial charge on any atom is -0.497 e. The Hall–Kier alpha value is -2.08. The van der Waals surface area contributed by atoms with Gasteiger partial charge in [-0.3, -0.25) is 10.1 Å². The lowest BCUT2D eigenvalue weighted by Gasteiger charge is -2.25. The predicted octanol–water partition coefficient (Wildman–Crippen LogP) is 2.94. The van der Waals surface area contributed by atoms with E-state index in [1.165, 1.54) is 19.3 Å². The van der Waals surface area contributed by atoms with Gasteiger partial charge in [0.15, 0.2) is 0 Å². The number of amidine groups is 1. The van der Waals surface area contributed by atoms with Crippen molar-refractivity contribution < 1.29 is 14.3 Å². The molecule has 0 radical (unpaired) electrons. The van der Waals surface area contributed by atoms with Gasteiger partial charge in [0.25, 0.3) is 11.9 Å². The highest BCUT2D eigenvalue weighted by molar-refractivity contribution is 6.04. The molecule has 0 bridgehead atoms. The van der Waals surface area contributed by atoms with Crippen molar-refractivity contribution >= 4 is 11.9 Å². The van der Waals surface area contributed by atoms with Crippen LogP contribution < -0.4 is 10.1 Å². The normalized spacial score (nSPS) is 15.8. The van der Waals surface area contributed by atoms with Crippen LogP contribution in [0.3, 0.4) is 0 Å². The molecule has 1 N–H and O–H groups in total. The van der Waals surface area contributed by atoms with Crippen LogP contribution in [0.1, 0.15) is 43.5 Å². The largest absolute Gasteiger partial charge is 0.497 e. The third-order valence-corrected chi connectivity index (χ3v) is 4.25. The Morgan fingerprint density at radius 2 is 1.88 bits per heavy atom. The first-order chi connectivity index (χ1) is 12.6. The third kappa shape index (κ3) is 7.04. The van der Waals surface area contributed by atoms with Gasteiger partial charge in [-0.25, -0.2) is 4.99 Å². The molecule has 1 aliphatic heterocycles. The standard InChI is InChI=1S/C20H31N3O3/c1-16(2)15-26-20(21-11-14-23-12-5-4-6-13-23)22-19(24)17-7-9-18(25-3)10-8-17/h7-10,16H,4-6,11-15H2,1-3H3,(H,21,22,24). The molecule has 2 rings (SSSR count). The van der Waals surface area contributed by atoms with E-state index in [2.05, 4.69) is 29.1 Å². The Balaban J connectivity index is 1.93. The van der Waals surface area contributed by atoms with Gasteiger partial charge in [0.05, 0.1) is 20.3 Å². The molecule has 0 aromatic heterocycles. The number of rotatable bonds is 7. The minimum atomic E-state index is -0.229. The third-order valence-electron chi connectivity index (χ3n) is 4.25. The van der Waals surface area contributed by atoms with Gasteiger partial charge in [-0.15, -0.1) is 0 Å². The Labute approximate surface area is 156 Å². The summed E-state index contributed by atoms with van der Waals surface area (Å²) in [5.74, 6) is 0.848. The molecular formula is C20H31N3O3. The maximum atomic E-state index is 12.4. The van der Waals surface area contributed by atoms with Crippen molar-refractivity contribution in [1.29, 1.82) is 0 Å². The number of hydrogen-bond donors (Lipinski definition) is 1. The lowest BCUT2D eigenvalue weighted by Crippen LogP contribution is -2.35. The number of nitrogens with zero attached hydrogens (tertiary/aromatic N) is 2. The first-order valence-corrected chi connectivity index (χ1v) is 9.43. The van der Waals surface area contributed by atoms with E-state index in [1.54, 1.807) is 31.4 Å². The summed E-state index contributed by atoms with van der Waals surface area (Å²) in [7, 11) is 1.60. The summed E-state index contributed by atoms with van der Waals surface area (Å²) >= 11 is 0. The van der Waals surface area contributed by atoms with Crippen LogP contribution >= 0.6 is 0 Å². The number of aliphatic imine (C=N–C) groups is 1. The van der Waals surface area contributed by atoms with Crippen molar-refractivity contribution in [2.24, 2.45) is 10.9 Å². The molecule has 0 saturated carbocycles. The zero-order valence-electron chi connectivity index (χ0n) is 16.2. The SMILES string of the molecule is COc1ccc(C(=O)NC(=NCCN2CCCCC2)OCC(C)C)cc1.